The number of ether oxygens (including phenoxy) is 2. The largest absolute Gasteiger partial charge is 0.455 e. The molecule has 314 valence electrons. The quantitative estimate of drug-likeness (QED) is 0.0670. The Hall–Kier alpha value is -2.62. The van der Waals surface area contributed by atoms with Crippen LogP contribution < -0.4 is 0 Å². The van der Waals surface area contributed by atoms with Gasteiger partial charge in [0.2, 0.25) is 0 Å². The average molecular weight is 771 g/mol. The van der Waals surface area contributed by atoms with E-state index in [0.29, 0.717) is 11.1 Å². The van der Waals surface area contributed by atoms with Crippen molar-refractivity contribution in [1.82, 2.24) is 0 Å². The van der Waals surface area contributed by atoms with Crippen molar-refractivity contribution in [3.63, 3.8) is 0 Å². The molecule has 0 aliphatic heterocycles. The highest BCUT2D eigenvalue weighted by Gasteiger charge is 2.24. The highest BCUT2D eigenvalue weighted by atomic mass is 16.6. The van der Waals surface area contributed by atoms with Crippen LogP contribution in [-0.4, -0.2) is 24.1 Å². The average Bonchev–Trinajstić information content (AvgIpc) is 3.22. The summed E-state index contributed by atoms with van der Waals surface area (Å²) in [6.45, 7) is 8.16. The molecule has 2 saturated carbocycles. The number of hydrogen-bond donors (Lipinski definition) is 0. The summed E-state index contributed by atoms with van der Waals surface area (Å²) >= 11 is 0. The van der Waals surface area contributed by atoms with Gasteiger partial charge in [-0.15, -0.1) is 0 Å². The van der Waals surface area contributed by atoms with Gasteiger partial charge in [0, 0.05) is 0 Å². The number of benzene rings is 2. The Kier molecular flexibility index (Phi) is 22.3. The fourth-order valence-electron chi connectivity index (χ4n) is 9.50. The second kappa shape index (κ2) is 27.1. The Labute approximate surface area is 344 Å². The fourth-order valence-corrected chi connectivity index (χ4v) is 9.50. The van der Waals surface area contributed by atoms with E-state index in [1.54, 1.807) is 13.8 Å². The van der Waals surface area contributed by atoms with E-state index in [0.717, 1.165) is 36.5 Å². The summed E-state index contributed by atoms with van der Waals surface area (Å²) < 4.78 is 11.4. The zero-order valence-electron chi connectivity index (χ0n) is 36.5. The monoisotopic (exact) mass is 771 g/mol. The number of carbonyl (C=O) groups excluding carboxylic acids is 2. The number of aryl methyl sites for hydroxylation is 2. The summed E-state index contributed by atoms with van der Waals surface area (Å²) in [5.41, 5.74) is 3.61. The standard InChI is InChI=1S/C52H82O4/c1-5-7-9-11-13-19-43-25-29-45(30-26-43)21-15-17-23-47-33-37-49(38-34-47)51(53)55-41(3)42(4)56-52(54)50-39-35-48(36-40-50)24-18-16-22-46-31-27-44(28-32-46)20-14-12-10-8-6-2/h33-46H,5-32H2,1-4H3. The van der Waals surface area contributed by atoms with Gasteiger partial charge in [-0.25, -0.2) is 9.59 Å². The van der Waals surface area contributed by atoms with Crippen molar-refractivity contribution in [2.75, 3.05) is 0 Å². The SMILES string of the molecule is CCCCCCCC1CCC(CCCCc2ccc(C(=O)OC(C)C(C)OC(=O)c3ccc(CCCCC4CCC(CCCCCCC)CC4)cc3)cc2)CC1. The Morgan fingerprint density at radius 2 is 0.732 bits per heavy atom. The zero-order valence-corrected chi connectivity index (χ0v) is 36.5. The van der Waals surface area contributed by atoms with Crippen LogP contribution in [0.3, 0.4) is 0 Å². The maximum atomic E-state index is 12.9. The Morgan fingerprint density at radius 3 is 1.04 bits per heavy atom. The van der Waals surface area contributed by atoms with Crippen LogP contribution in [-0.2, 0) is 22.3 Å². The minimum atomic E-state index is -0.558. The smallest absolute Gasteiger partial charge is 0.338 e. The molecule has 0 N–H and O–H groups in total. The molecule has 0 aromatic heterocycles. The van der Waals surface area contributed by atoms with Gasteiger partial charge in [0.15, 0.2) is 0 Å². The van der Waals surface area contributed by atoms with Crippen molar-refractivity contribution < 1.29 is 19.1 Å². The molecule has 56 heavy (non-hydrogen) atoms. The van der Waals surface area contributed by atoms with Gasteiger partial charge in [0.1, 0.15) is 12.2 Å². The lowest BCUT2D eigenvalue weighted by atomic mass is 9.78. The van der Waals surface area contributed by atoms with E-state index >= 15 is 0 Å². The van der Waals surface area contributed by atoms with E-state index in [-0.39, 0.29) is 11.9 Å². The third-order valence-corrected chi connectivity index (χ3v) is 13.6. The summed E-state index contributed by atoms with van der Waals surface area (Å²) in [6.07, 6.45) is 37.2. The van der Waals surface area contributed by atoms with Gasteiger partial charge in [-0.2, -0.15) is 0 Å². The van der Waals surface area contributed by atoms with E-state index < -0.39 is 12.2 Å². The van der Waals surface area contributed by atoms with Gasteiger partial charge in [0.05, 0.1) is 11.1 Å². The third-order valence-electron chi connectivity index (χ3n) is 13.6. The molecule has 0 saturated heterocycles. The van der Waals surface area contributed by atoms with Crippen molar-refractivity contribution in [1.29, 1.82) is 0 Å². The van der Waals surface area contributed by atoms with Crippen LogP contribution in [0.1, 0.15) is 226 Å². The molecule has 4 heteroatoms. The molecule has 0 spiro atoms. The van der Waals surface area contributed by atoms with Crippen molar-refractivity contribution in [2.45, 2.75) is 220 Å². The fraction of sp³-hybridized carbons (Fsp3) is 0.731. The predicted octanol–water partition coefficient (Wildman–Crippen LogP) is 15.2. The first-order chi connectivity index (χ1) is 27.3. The number of rotatable bonds is 27. The van der Waals surface area contributed by atoms with Gasteiger partial charge in [-0.3, -0.25) is 0 Å². The molecule has 2 unspecified atom stereocenters. The molecule has 2 fully saturated rings. The molecule has 0 amide bonds. The Balaban J connectivity index is 1.04. The zero-order chi connectivity index (χ0) is 39.8. The minimum Gasteiger partial charge on any atom is -0.455 e. The molecule has 2 aromatic carbocycles. The molecule has 4 rings (SSSR count). The maximum absolute atomic E-state index is 12.9. The lowest BCUT2D eigenvalue weighted by Gasteiger charge is -2.28. The highest BCUT2D eigenvalue weighted by molar-refractivity contribution is 5.90. The van der Waals surface area contributed by atoms with Crippen molar-refractivity contribution in [3.05, 3.63) is 70.8 Å². The van der Waals surface area contributed by atoms with Crippen LogP contribution in [0, 0.1) is 23.7 Å². The van der Waals surface area contributed by atoms with Gasteiger partial charge >= 0.3 is 11.9 Å². The predicted molar refractivity (Wildman–Crippen MR) is 235 cm³/mol. The Bertz CT molecular complexity index is 1210. The number of unbranched alkanes of at least 4 members (excludes halogenated alkanes) is 10. The molecular weight excluding hydrogens is 689 g/mol. The molecule has 0 radical (unpaired) electrons. The lowest BCUT2D eigenvalue weighted by molar-refractivity contribution is -0.0239. The summed E-state index contributed by atoms with van der Waals surface area (Å²) in [6, 6.07) is 15.7. The maximum Gasteiger partial charge on any atom is 0.338 e. The molecule has 0 heterocycles. The molecule has 0 bridgehead atoms. The summed E-state index contributed by atoms with van der Waals surface area (Å²) in [7, 11) is 0. The van der Waals surface area contributed by atoms with Crippen molar-refractivity contribution >= 4 is 11.9 Å². The molecule has 2 aliphatic carbocycles. The Morgan fingerprint density at radius 1 is 0.446 bits per heavy atom. The summed E-state index contributed by atoms with van der Waals surface area (Å²) in [5.74, 6) is 3.06. The van der Waals surface area contributed by atoms with E-state index in [9.17, 15) is 9.59 Å². The molecule has 2 aromatic rings. The van der Waals surface area contributed by atoms with E-state index in [4.69, 9.17) is 9.47 Å². The van der Waals surface area contributed by atoms with Crippen LogP contribution in [0.2, 0.25) is 0 Å². The lowest BCUT2D eigenvalue weighted by Crippen LogP contribution is -2.30. The second-order valence-corrected chi connectivity index (χ2v) is 18.3. The van der Waals surface area contributed by atoms with Gasteiger partial charge < -0.3 is 9.47 Å². The first-order valence-corrected chi connectivity index (χ1v) is 23.9. The van der Waals surface area contributed by atoms with Gasteiger partial charge in [-0.1, -0.05) is 192 Å². The van der Waals surface area contributed by atoms with Crippen LogP contribution in [0.25, 0.3) is 0 Å². The minimum absolute atomic E-state index is 0.381. The van der Waals surface area contributed by atoms with Gasteiger partial charge in [-0.05, 0) is 98.6 Å². The van der Waals surface area contributed by atoms with Gasteiger partial charge in [0.25, 0.3) is 0 Å². The summed E-state index contributed by atoms with van der Waals surface area (Å²) in [4.78, 5) is 25.9. The first-order valence-electron chi connectivity index (χ1n) is 23.9. The second-order valence-electron chi connectivity index (χ2n) is 18.3. The molecule has 4 nitrogen and oxygen atoms in total. The third kappa shape index (κ3) is 17.9. The number of hydrogen-bond acceptors (Lipinski definition) is 4. The van der Waals surface area contributed by atoms with Crippen molar-refractivity contribution in [3.8, 4) is 0 Å². The van der Waals surface area contributed by atoms with E-state index in [2.05, 4.69) is 38.1 Å². The number of esters is 2. The van der Waals surface area contributed by atoms with Crippen LogP contribution in [0.15, 0.2) is 48.5 Å². The first kappa shape index (κ1) is 46.1. The van der Waals surface area contributed by atoms with Crippen LogP contribution in [0.4, 0.5) is 0 Å². The van der Waals surface area contributed by atoms with E-state index in [1.807, 2.05) is 24.3 Å². The number of carbonyl (C=O) groups is 2. The van der Waals surface area contributed by atoms with Crippen LogP contribution >= 0.6 is 0 Å². The molecule has 2 aliphatic rings. The van der Waals surface area contributed by atoms with E-state index in [1.165, 1.54) is 178 Å². The van der Waals surface area contributed by atoms with Crippen LogP contribution in [0.5, 0.6) is 0 Å². The van der Waals surface area contributed by atoms with Crippen molar-refractivity contribution in [2.24, 2.45) is 23.7 Å². The highest BCUT2D eigenvalue weighted by Crippen LogP contribution is 2.36. The molecule has 2 atom stereocenters. The molecular formula is C52H82O4. The summed E-state index contributed by atoms with van der Waals surface area (Å²) in [5, 5.41) is 0. The topological polar surface area (TPSA) is 52.6 Å². The normalized spacial score (nSPS) is 21.0.